The lowest BCUT2D eigenvalue weighted by molar-refractivity contribution is 0.358. The van der Waals surface area contributed by atoms with Crippen molar-refractivity contribution in [3.63, 3.8) is 0 Å². The zero-order chi connectivity index (χ0) is 8.27. The zero-order valence-electron chi connectivity index (χ0n) is 5.70. The van der Waals surface area contributed by atoms with Crippen LogP contribution >= 0.6 is 0 Å². The highest BCUT2D eigenvalue weighted by Gasteiger charge is 2.09. The second-order valence-corrected chi connectivity index (χ2v) is 2.08. The van der Waals surface area contributed by atoms with Gasteiger partial charge in [0.2, 0.25) is 0 Å². The number of nitrogens with one attached hydrogen (secondary N) is 1. The third-order valence-corrected chi connectivity index (χ3v) is 1.22. The van der Waals surface area contributed by atoms with Crippen molar-refractivity contribution >= 4 is 0 Å². The van der Waals surface area contributed by atoms with E-state index in [-0.39, 0.29) is 12.0 Å². The number of aromatic amines is 1. The van der Waals surface area contributed by atoms with E-state index in [1.807, 2.05) is 6.07 Å². The number of hydrogen-bond acceptors (Lipinski definition) is 4. The molecule has 1 heterocycles. The maximum atomic E-state index is 10.5. The summed E-state index contributed by atoms with van der Waals surface area (Å²) >= 11 is 0. The summed E-state index contributed by atoms with van der Waals surface area (Å²) in [6.07, 6.45) is 0.140. The fourth-order valence-corrected chi connectivity index (χ4v) is 0.679. The summed E-state index contributed by atoms with van der Waals surface area (Å²) in [5, 5.41) is 10.3. The molecule has 5 nitrogen and oxygen atoms in total. The monoisotopic (exact) mass is 153 g/mol. The standard InChI is InChI=1S/C6H7N3O2/c7-2-1-4(8)5-3-6(10)9-11-5/h3-4H,1,8H2,(H,9,10)/t4-/m0/s1. The second kappa shape index (κ2) is 3.03. The number of nitrogens with zero attached hydrogens (tertiary/aromatic N) is 1. The number of hydrogen-bond donors (Lipinski definition) is 2. The van der Waals surface area contributed by atoms with Crippen LogP contribution in [0.2, 0.25) is 0 Å². The number of aromatic nitrogens is 1. The Kier molecular flexibility index (Phi) is 2.09. The van der Waals surface area contributed by atoms with Gasteiger partial charge in [0.05, 0.1) is 18.5 Å². The van der Waals surface area contributed by atoms with Gasteiger partial charge in [-0.25, -0.2) is 0 Å². The Morgan fingerprint density at radius 2 is 2.64 bits per heavy atom. The van der Waals surface area contributed by atoms with Crippen LogP contribution in [0.15, 0.2) is 15.4 Å². The van der Waals surface area contributed by atoms with E-state index in [4.69, 9.17) is 11.0 Å². The number of rotatable bonds is 2. The van der Waals surface area contributed by atoms with E-state index in [2.05, 4.69) is 9.68 Å². The van der Waals surface area contributed by atoms with E-state index in [1.54, 1.807) is 0 Å². The van der Waals surface area contributed by atoms with Crippen LogP contribution in [0, 0.1) is 11.3 Å². The largest absolute Gasteiger partial charge is 0.382 e. The summed E-state index contributed by atoms with van der Waals surface area (Å²) in [4.78, 5) is 10.5. The predicted molar refractivity (Wildman–Crippen MR) is 36.5 cm³/mol. The average molecular weight is 153 g/mol. The van der Waals surface area contributed by atoms with Gasteiger partial charge in [-0.05, 0) is 0 Å². The highest BCUT2D eigenvalue weighted by molar-refractivity contribution is 5.02. The van der Waals surface area contributed by atoms with Gasteiger partial charge in [-0.15, -0.1) is 0 Å². The average Bonchev–Trinajstić information content (AvgIpc) is 2.36. The molecule has 0 saturated carbocycles. The van der Waals surface area contributed by atoms with Crippen LogP contribution in [0.5, 0.6) is 0 Å². The maximum Gasteiger partial charge on any atom is 0.280 e. The Morgan fingerprint density at radius 3 is 3.09 bits per heavy atom. The molecule has 58 valence electrons. The van der Waals surface area contributed by atoms with Crippen molar-refractivity contribution in [1.29, 1.82) is 5.26 Å². The molecule has 3 N–H and O–H groups in total. The Balaban J connectivity index is 2.78. The molecular weight excluding hydrogens is 146 g/mol. The maximum absolute atomic E-state index is 10.5. The first-order chi connectivity index (χ1) is 5.24. The summed E-state index contributed by atoms with van der Waals surface area (Å²) in [5.41, 5.74) is 5.10. The molecule has 0 aliphatic carbocycles. The van der Waals surface area contributed by atoms with Crippen molar-refractivity contribution < 1.29 is 4.52 Å². The van der Waals surface area contributed by atoms with Crippen LogP contribution in [0.4, 0.5) is 0 Å². The van der Waals surface area contributed by atoms with Gasteiger partial charge in [0.25, 0.3) is 5.56 Å². The van der Waals surface area contributed by atoms with E-state index in [1.165, 1.54) is 6.07 Å². The van der Waals surface area contributed by atoms with Crippen LogP contribution in [0.25, 0.3) is 0 Å². The van der Waals surface area contributed by atoms with Crippen molar-refractivity contribution in [1.82, 2.24) is 5.16 Å². The lowest BCUT2D eigenvalue weighted by Crippen LogP contribution is -2.08. The van der Waals surface area contributed by atoms with Crippen molar-refractivity contribution in [3.8, 4) is 6.07 Å². The second-order valence-electron chi connectivity index (χ2n) is 2.08. The molecule has 1 rings (SSSR count). The van der Waals surface area contributed by atoms with E-state index >= 15 is 0 Å². The predicted octanol–water partition coefficient (Wildman–Crippen LogP) is -0.119. The molecule has 1 atom stereocenters. The molecule has 0 spiro atoms. The van der Waals surface area contributed by atoms with Crippen molar-refractivity contribution in [2.75, 3.05) is 0 Å². The normalized spacial score (nSPS) is 12.4. The number of nitriles is 1. The third kappa shape index (κ3) is 1.69. The van der Waals surface area contributed by atoms with Gasteiger partial charge < -0.3 is 10.3 Å². The van der Waals surface area contributed by atoms with Gasteiger partial charge in [0, 0.05) is 6.07 Å². The molecule has 0 aliphatic heterocycles. The van der Waals surface area contributed by atoms with Crippen molar-refractivity contribution in [2.45, 2.75) is 12.5 Å². The quantitative estimate of drug-likeness (QED) is 0.619. The molecule has 5 heteroatoms. The fraction of sp³-hybridized carbons (Fsp3) is 0.333. The molecule has 0 bridgehead atoms. The summed E-state index contributed by atoms with van der Waals surface area (Å²) in [6.45, 7) is 0. The molecular formula is C6H7N3O2. The van der Waals surface area contributed by atoms with Gasteiger partial charge in [0.15, 0.2) is 5.76 Å². The molecule has 0 unspecified atom stereocenters. The van der Waals surface area contributed by atoms with Crippen LogP contribution in [0.3, 0.4) is 0 Å². The summed E-state index contributed by atoms with van der Waals surface area (Å²) in [7, 11) is 0. The molecule has 0 aromatic carbocycles. The summed E-state index contributed by atoms with van der Waals surface area (Å²) in [6, 6.07) is 2.60. The Bertz CT molecular complexity index is 319. The van der Waals surface area contributed by atoms with E-state index in [0.717, 1.165) is 0 Å². The minimum Gasteiger partial charge on any atom is -0.382 e. The molecule has 1 aromatic heterocycles. The lowest BCUT2D eigenvalue weighted by atomic mass is 10.2. The first-order valence-corrected chi connectivity index (χ1v) is 3.05. The summed E-state index contributed by atoms with van der Waals surface area (Å²) < 4.78 is 4.66. The zero-order valence-corrected chi connectivity index (χ0v) is 5.70. The first kappa shape index (κ1) is 7.57. The van der Waals surface area contributed by atoms with Gasteiger partial charge in [-0.2, -0.15) is 10.4 Å². The van der Waals surface area contributed by atoms with Crippen LogP contribution in [-0.4, -0.2) is 5.16 Å². The molecule has 1 aromatic rings. The minimum atomic E-state index is -0.515. The lowest BCUT2D eigenvalue weighted by Gasteiger charge is -1.98. The number of H-pyrrole nitrogens is 1. The molecule has 0 aliphatic rings. The van der Waals surface area contributed by atoms with Gasteiger partial charge in [-0.1, -0.05) is 0 Å². The molecule has 0 fully saturated rings. The van der Waals surface area contributed by atoms with Crippen LogP contribution in [0.1, 0.15) is 18.2 Å². The Morgan fingerprint density at radius 1 is 1.91 bits per heavy atom. The Labute approximate surface area is 62.4 Å². The summed E-state index contributed by atoms with van der Waals surface area (Å²) in [5.74, 6) is 0.316. The SMILES string of the molecule is N#CC[C@H](N)c1cc(=O)[nH]o1. The van der Waals surface area contributed by atoms with Gasteiger partial charge in [-0.3, -0.25) is 4.79 Å². The topological polar surface area (TPSA) is 95.8 Å². The molecule has 11 heavy (non-hydrogen) atoms. The molecule has 0 radical (unpaired) electrons. The molecule has 0 amide bonds. The minimum absolute atomic E-state index is 0.140. The van der Waals surface area contributed by atoms with Crippen molar-refractivity contribution in [2.24, 2.45) is 5.73 Å². The van der Waals surface area contributed by atoms with E-state index in [0.29, 0.717) is 5.76 Å². The number of nitrogens with two attached hydrogens (primary N) is 1. The first-order valence-electron chi connectivity index (χ1n) is 3.05. The third-order valence-electron chi connectivity index (χ3n) is 1.22. The van der Waals surface area contributed by atoms with Gasteiger partial charge in [0.1, 0.15) is 0 Å². The van der Waals surface area contributed by atoms with Crippen LogP contribution < -0.4 is 11.3 Å². The van der Waals surface area contributed by atoms with E-state index < -0.39 is 6.04 Å². The highest BCUT2D eigenvalue weighted by Crippen LogP contribution is 2.08. The highest BCUT2D eigenvalue weighted by atomic mass is 16.5. The van der Waals surface area contributed by atoms with Crippen molar-refractivity contribution in [3.05, 3.63) is 22.2 Å². The van der Waals surface area contributed by atoms with Crippen LogP contribution in [-0.2, 0) is 0 Å². The van der Waals surface area contributed by atoms with Gasteiger partial charge >= 0.3 is 0 Å². The fourth-order valence-electron chi connectivity index (χ4n) is 0.679. The smallest absolute Gasteiger partial charge is 0.280 e. The molecule has 0 saturated heterocycles. The Hall–Kier alpha value is -1.54. The van der Waals surface area contributed by atoms with E-state index in [9.17, 15) is 4.79 Å².